The highest BCUT2D eigenvalue weighted by Gasteiger charge is 2.28. The van der Waals surface area contributed by atoms with Crippen LogP contribution in [0.25, 0.3) is 0 Å². The Morgan fingerprint density at radius 1 is 1.21 bits per heavy atom. The summed E-state index contributed by atoms with van der Waals surface area (Å²) in [7, 11) is -1.89. The van der Waals surface area contributed by atoms with Gasteiger partial charge in [-0.1, -0.05) is 28.4 Å². The molecule has 0 unspecified atom stereocenters. The number of nitrogens with one attached hydrogen (secondary N) is 1. The second-order valence-electron chi connectivity index (χ2n) is 6.70. The molecule has 1 fully saturated rings. The molecule has 2 aromatic rings. The Bertz CT molecular complexity index is 936. The molecule has 0 bridgehead atoms. The number of carbonyl (C=O) groups is 1. The van der Waals surface area contributed by atoms with Gasteiger partial charge in [0.2, 0.25) is 10.0 Å². The number of aromatic nitrogens is 1. The van der Waals surface area contributed by atoms with Gasteiger partial charge in [0, 0.05) is 30.8 Å². The minimum atomic E-state index is -3.56. The summed E-state index contributed by atoms with van der Waals surface area (Å²) < 4.78 is 35.1. The number of carbonyl (C=O) groups excluding carboxylic acids is 1. The van der Waals surface area contributed by atoms with Gasteiger partial charge in [-0.25, -0.2) is 8.42 Å². The molecule has 0 saturated carbocycles. The fourth-order valence-electron chi connectivity index (χ4n) is 3.14. The fourth-order valence-corrected chi connectivity index (χ4v) is 5.10. The van der Waals surface area contributed by atoms with Crippen molar-refractivity contribution in [3.63, 3.8) is 0 Å². The highest BCUT2D eigenvalue weighted by molar-refractivity contribution is 9.10. The van der Waals surface area contributed by atoms with E-state index in [0.717, 1.165) is 23.7 Å². The average molecular weight is 470 g/mol. The fraction of sp³-hybridized carbons (Fsp3) is 0.421. The number of hydrogen-bond acceptors (Lipinski definition) is 4. The lowest BCUT2D eigenvalue weighted by Crippen LogP contribution is -2.35. The van der Waals surface area contributed by atoms with E-state index in [-0.39, 0.29) is 10.8 Å². The monoisotopic (exact) mass is 469 g/mol. The van der Waals surface area contributed by atoms with Crippen molar-refractivity contribution in [2.24, 2.45) is 7.05 Å². The van der Waals surface area contributed by atoms with Gasteiger partial charge in [-0.05, 0) is 37.1 Å². The minimum absolute atomic E-state index is 0.160. The molecule has 0 aliphatic carbocycles. The van der Waals surface area contributed by atoms with Crippen molar-refractivity contribution in [3.8, 4) is 5.75 Å². The molecule has 2 heterocycles. The average Bonchev–Trinajstić information content (AvgIpc) is 3.08. The van der Waals surface area contributed by atoms with E-state index in [9.17, 15) is 13.2 Å². The van der Waals surface area contributed by atoms with E-state index in [0.29, 0.717) is 37.7 Å². The van der Waals surface area contributed by atoms with Crippen molar-refractivity contribution in [3.05, 3.63) is 46.7 Å². The molecule has 1 aliphatic rings. The van der Waals surface area contributed by atoms with Crippen LogP contribution in [0.15, 0.2) is 45.9 Å². The molecule has 152 valence electrons. The van der Waals surface area contributed by atoms with E-state index in [1.54, 1.807) is 11.6 Å². The third kappa shape index (κ3) is 4.95. The molecule has 7 nitrogen and oxygen atoms in total. The van der Waals surface area contributed by atoms with Crippen LogP contribution >= 0.6 is 15.9 Å². The first kappa shape index (κ1) is 20.9. The zero-order chi connectivity index (χ0) is 20.1. The number of rotatable bonds is 7. The SMILES string of the molecule is Cn1cc(S(=O)(=O)N2CCCCC2)cc1C(=O)NCCOc1cccc(Br)c1. The number of aryl methyl sites for hydroxylation is 1. The van der Waals surface area contributed by atoms with E-state index in [1.165, 1.54) is 16.6 Å². The molecule has 28 heavy (non-hydrogen) atoms. The summed E-state index contributed by atoms with van der Waals surface area (Å²) in [4.78, 5) is 12.6. The first-order valence-corrected chi connectivity index (χ1v) is 11.4. The van der Waals surface area contributed by atoms with Crippen molar-refractivity contribution in [1.29, 1.82) is 0 Å². The van der Waals surface area contributed by atoms with E-state index in [4.69, 9.17) is 4.74 Å². The van der Waals surface area contributed by atoms with Gasteiger partial charge >= 0.3 is 0 Å². The summed E-state index contributed by atoms with van der Waals surface area (Å²) >= 11 is 3.37. The smallest absolute Gasteiger partial charge is 0.268 e. The largest absolute Gasteiger partial charge is 0.492 e. The van der Waals surface area contributed by atoms with Crippen molar-refractivity contribution < 1.29 is 17.9 Å². The van der Waals surface area contributed by atoms with E-state index >= 15 is 0 Å². The second kappa shape index (κ2) is 9.11. The zero-order valence-corrected chi connectivity index (χ0v) is 18.1. The first-order chi connectivity index (χ1) is 13.4. The lowest BCUT2D eigenvalue weighted by molar-refractivity contribution is 0.0939. The Hall–Kier alpha value is -1.84. The Kier molecular flexibility index (Phi) is 6.79. The maximum absolute atomic E-state index is 12.8. The summed E-state index contributed by atoms with van der Waals surface area (Å²) in [5.74, 6) is 0.373. The maximum Gasteiger partial charge on any atom is 0.268 e. The van der Waals surface area contributed by atoms with Crippen LogP contribution in [0.4, 0.5) is 0 Å². The molecule has 1 amide bonds. The number of sulfonamides is 1. The highest BCUT2D eigenvalue weighted by Crippen LogP contribution is 2.22. The summed E-state index contributed by atoms with van der Waals surface area (Å²) in [6, 6.07) is 8.89. The van der Waals surface area contributed by atoms with Crippen LogP contribution in [0.1, 0.15) is 29.8 Å². The van der Waals surface area contributed by atoms with Crippen molar-refractivity contribution in [2.45, 2.75) is 24.2 Å². The van der Waals surface area contributed by atoms with Gasteiger partial charge < -0.3 is 14.6 Å². The number of nitrogens with zero attached hydrogens (tertiary/aromatic N) is 2. The van der Waals surface area contributed by atoms with Crippen LogP contribution in [-0.2, 0) is 17.1 Å². The van der Waals surface area contributed by atoms with Gasteiger partial charge in [0.15, 0.2) is 0 Å². The molecular formula is C19H24BrN3O4S. The summed E-state index contributed by atoms with van der Waals surface area (Å²) in [5, 5.41) is 2.76. The third-order valence-electron chi connectivity index (χ3n) is 4.62. The maximum atomic E-state index is 12.8. The minimum Gasteiger partial charge on any atom is -0.492 e. The van der Waals surface area contributed by atoms with E-state index < -0.39 is 10.0 Å². The van der Waals surface area contributed by atoms with Gasteiger partial charge in [-0.2, -0.15) is 4.31 Å². The second-order valence-corrected chi connectivity index (χ2v) is 9.55. The number of benzene rings is 1. The predicted molar refractivity (Wildman–Crippen MR) is 110 cm³/mol. The Morgan fingerprint density at radius 2 is 1.96 bits per heavy atom. The van der Waals surface area contributed by atoms with E-state index in [2.05, 4.69) is 21.2 Å². The quantitative estimate of drug-likeness (QED) is 0.632. The molecule has 9 heteroatoms. The van der Waals surface area contributed by atoms with Crippen LogP contribution in [0.2, 0.25) is 0 Å². The van der Waals surface area contributed by atoms with Crippen LogP contribution in [0.5, 0.6) is 5.75 Å². The summed E-state index contributed by atoms with van der Waals surface area (Å²) in [6.07, 6.45) is 4.29. The number of ether oxygens (including phenoxy) is 1. The molecule has 0 radical (unpaired) electrons. The summed E-state index contributed by atoms with van der Waals surface area (Å²) in [5.41, 5.74) is 0.304. The molecule has 1 saturated heterocycles. The van der Waals surface area contributed by atoms with Crippen molar-refractivity contribution in [2.75, 3.05) is 26.2 Å². The molecule has 1 aromatic heterocycles. The Balaban J connectivity index is 1.58. The van der Waals surface area contributed by atoms with Crippen molar-refractivity contribution in [1.82, 2.24) is 14.2 Å². The number of amides is 1. The van der Waals surface area contributed by atoms with Gasteiger partial charge in [-0.15, -0.1) is 0 Å². The van der Waals surface area contributed by atoms with E-state index in [1.807, 2.05) is 24.3 Å². The zero-order valence-electron chi connectivity index (χ0n) is 15.7. The molecule has 1 aliphatic heterocycles. The summed E-state index contributed by atoms with van der Waals surface area (Å²) in [6.45, 7) is 1.69. The van der Waals surface area contributed by atoms with Gasteiger partial charge in [0.1, 0.15) is 22.9 Å². The molecular weight excluding hydrogens is 446 g/mol. The van der Waals surface area contributed by atoms with Crippen molar-refractivity contribution >= 4 is 31.9 Å². The molecule has 1 N–H and O–H groups in total. The molecule has 0 atom stereocenters. The van der Waals surface area contributed by atoms with Crippen LogP contribution in [0.3, 0.4) is 0 Å². The van der Waals surface area contributed by atoms with Crippen LogP contribution < -0.4 is 10.1 Å². The Labute approximate surface area is 173 Å². The Morgan fingerprint density at radius 3 is 2.68 bits per heavy atom. The highest BCUT2D eigenvalue weighted by atomic mass is 79.9. The lowest BCUT2D eigenvalue weighted by atomic mass is 10.2. The molecule has 3 rings (SSSR count). The van der Waals surface area contributed by atoms with Gasteiger partial charge in [-0.3, -0.25) is 4.79 Å². The first-order valence-electron chi connectivity index (χ1n) is 9.21. The lowest BCUT2D eigenvalue weighted by Gasteiger charge is -2.25. The number of halogens is 1. The van der Waals surface area contributed by atoms with Crippen LogP contribution in [-0.4, -0.2) is 49.4 Å². The standard InChI is InChI=1S/C19H24BrN3O4S/c1-22-14-17(28(25,26)23-9-3-2-4-10-23)13-18(22)19(24)21-8-11-27-16-7-5-6-15(20)12-16/h5-7,12-14H,2-4,8-11H2,1H3,(H,21,24). The van der Waals surface area contributed by atoms with Gasteiger partial charge in [0.25, 0.3) is 5.91 Å². The molecule has 0 spiro atoms. The third-order valence-corrected chi connectivity index (χ3v) is 6.97. The molecule has 1 aromatic carbocycles. The van der Waals surface area contributed by atoms with Gasteiger partial charge in [0.05, 0.1) is 6.54 Å². The topological polar surface area (TPSA) is 80.6 Å². The normalized spacial score (nSPS) is 15.4. The predicted octanol–water partition coefficient (Wildman–Crippen LogP) is 2.77. The number of hydrogen-bond donors (Lipinski definition) is 1. The number of piperidine rings is 1. The van der Waals surface area contributed by atoms with Crippen LogP contribution in [0, 0.1) is 0 Å².